The van der Waals surface area contributed by atoms with E-state index in [2.05, 4.69) is 5.10 Å². The van der Waals surface area contributed by atoms with Crippen molar-refractivity contribution in [2.24, 2.45) is 7.05 Å². The van der Waals surface area contributed by atoms with Gasteiger partial charge < -0.3 is 10.0 Å². The highest BCUT2D eigenvalue weighted by molar-refractivity contribution is 6.03. The van der Waals surface area contributed by atoms with E-state index >= 15 is 0 Å². The number of carboxylic acids is 1. The van der Waals surface area contributed by atoms with Gasteiger partial charge in [0.1, 0.15) is 0 Å². The van der Waals surface area contributed by atoms with Crippen molar-refractivity contribution < 1.29 is 27.9 Å². The van der Waals surface area contributed by atoms with Crippen molar-refractivity contribution in [1.29, 1.82) is 0 Å². The van der Waals surface area contributed by atoms with Gasteiger partial charge in [-0.05, 0) is 11.6 Å². The van der Waals surface area contributed by atoms with Crippen LogP contribution in [-0.2, 0) is 19.8 Å². The number of amides is 1. The van der Waals surface area contributed by atoms with Gasteiger partial charge >= 0.3 is 12.1 Å². The van der Waals surface area contributed by atoms with Crippen LogP contribution in [0.3, 0.4) is 0 Å². The lowest BCUT2D eigenvalue weighted by Crippen LogP contribution is -2.48. The summed E-state index contributed by atoms with van der Waals surface area (Å²) in [5, 5.41) is 13.1. The lowest BCUT2D eigenvalue weighted by Gasteiger charge is -2.34. The quantitative estimate of drug-likeness (QED) is 0.856. The lowest BCUT2D eigenvalue weighted by atomic mass is 10.1. The molecular formula is C18H19F3N4O3. The molecule has 1 aromatic carbocycles. The van der Waals surface area contributed by atoms with Crippen molar-refractivity contribution in [3.8, 4) is 0 Å². The number of benzene rings is 1. The summed E-state index contributed by atoms with van der Waals surface area (Å²) < 4.78 is 39.6. The Morgan fingerprint density at radius 1 is 1.18 bits per heavy atom. The summed E-state index contributed by atoms with van der Waals surface area (Å²) in [6.45, 7) is 2.01. The molecule has 10 heteroatoms. The van der Waals surface area contributed by atoms with Crippen LogP contribution < -0.4 is 0 Å². The third kappa shape index (κ3) is 4.16. The van der Waals surface area contributed by atoms with Crippen molar-refractivity contribution in [2.75, 3.05) is 26.2 Å². The van der Waals surface area contributed by atoms with Gasteiger partial charge in [0.15, 0.2) is 5.69 Å². The van der Waals surface area contributed by atoms with Gasteiger partial charge in [-0.2, -0.15) is 18.3 Å². The van der Waals surface area contributed by atoms with E-state index in [4.69, 9.17) is 0 Å². The molecule has 2 heterocycles. The fourth-order valence-electron chi connectivity index (χ4n) is 3.23. The fourth-order valence-corrected chi connectivity index (χ4v) is 3.23. The number of aromatic carboxylic acids is 1. The Kier molecular flexibility index (Phi) is 5.41. The number of carbonyl (C=O) groups is 2. The summed E-state index contributed by atoms with van der Waals surface area (Å²) in [4.78, 5) is 27.4. The summed E-state index contributed by atoms with van der Waals surface area (Å²) in [7, 11) is 1.45. The summed E-state index contributed by atoms with van der Waals surface area (Å²) in [5.41, 5.74) is -0.274. The van der Waals surface area contributed by atoms with Gasteiger partial charge in [-0.1, -0.05) is 18.2 Å². The molecule has 0 saturated carbocycles. The summed E-state index contributed by atoms with van der Waals surface area (Å²) >= 11 is 0. The standard InChI is InChI=1S/C18H19F3N4O3/c1-23-15(17(27)28)14(10-22-23)16(26)25-7-5-24(6-8-25)11-12-3-2-4-13(9-12)18(19,20)21/h2-4,9-10H,5-8,11H2,1H3,(H,27,28). The van der Waals surface area contributed by atoms with Gasteiger partial charge in [-0.3, -0.25) is 14.4 Å². The van der Waals surface area contributed by atoms with E-state index < -0.39 is 23.6 Å². The zero-order valence-corrected chi connectivity index (χ0v) is 15.1. The van der Waals surface area contributed by atoms with E-state index in [9.17, 15) is 27.9 Å². The summed E-state index contributed by atoms with van der Waals surface area (Å²) in [5.74, 6) is -1.64. The zero-order valence-electron chi connectivity index (χ0n) is 15.1. The highest BCUT2D eigenvalue weighted by Crippen LogP contribution is 2.29. The van der Waals surface area contributed by atoms with Crippen LogP contribution in [0.5, 0.6) is 0 Å². The number of alkyl halides is 3. The number of carboxylic acid groups (broad SMARTS) is 1. The van der Waals surface area contributed by atoms with E-state index in [1.807, 2.05) is 4.90 Å². The van der Waals surface area contributed by atoms with E-state index in [0.717, 1.165) is 16.8 Å². The number of piperazine rings is 1. The zero-order chi connectivity index (χ0) is 20.5. The third-order valence-corrected chi connectivity index (χ3v) is 4.69. The normalized spacial score (nSPS) is 15.6. The van der Waals surface area contributed by atoms with Crippen molar-refractivity contribution >= 4 is 11.9 Å². The van der Waals surface area contributed by atoms with Gasteiger partial charge in [0, 0.05) is 39.8 Å². The number of aromatic nitrogens is 2. The first kappa shape index (κ1) is 19.9. The third-order valence-electron chi connectivity index (χ3n) is 4.69. The van der Waals surface area contributed by atoms with Crippen molar-refractivity contribution in [3.05, 3.63) is 52.8 Å². The van der Waals surface area contributed by atoms with Crippen LogP contribution in [0.25, 0.3) is 0 Å². The number of hydrogen-bond donors (Lipinski definition) is 1. The molecule has 0 aliphatic carbocycles. The van der Waals surface area contributed by atoms with Crippen molar-refractivity contribution in [3.63, 3.8) is 0 Å². The summed E-state index contributed by atoms with van der Waals surface area (Å²) in [6, 6.07) is 5.19. The monoisotopic (exact) mass is 396 g/mol. The minimum atomic E-state index is -4.38. The predicted octanol–water partition coefficient (Wildman–Crippen LogP) is 2.10. The van der Waals surface area contributed by atoms with Crippen LogP contribution >= 0.6 is 0 Å². The van der Waals surface area contributed by atoms with Crippen LogP contribution in [0.4, 0.5) is 13.2 Å². The molecule has 1 aliphatic rings. The molecule has 1 saturated heterocycles. The largest absolute Gasteiger partial charge is 0.477 e. The van der Waals surface area contributed by atoms with Gasteiger partial charge in [-0.25, -0.2) is 4.79 Å². The van der Waals surface area contributed by atoms with Crippen LogP contribution in [-0.4, -0.2) is 62.7 Å². The van der Waals surface area contributed by atoms with Crippen molar-refractivity contribution in [1.82, 2.24) is 19.6 Å². The van der Waals surface area contributed by atoms with Crippen LogP contribution in [0.2, 0.25) is 0 Å². The van der Waals surface area contributed by atoms with Crippen LogP contribution in [0, 0.1) is 0 Å². The molecule has 0 unspecified atom stereocenters. The molecule has 7 nitrogen and oxygen atoms in total. The first-order chi connectivity index (χ1) is 13.2. The molecule has 0 bridgehead atoms. The lowest BCUT2D eigenvalue weighted by molar-refractivity contribution is -0.137. The average Bonchev–Trinajstić information content (AvgIpc) is 3.03. The number of rotatable bonds is 4. The number of hydrogen-bond acceptors (Lipinski definition) is 4. The molecule has 28 heavy (non-hydrogen) atoms. The Labute approximate surface area is 159 Å². The van der Waals surface area contributed by atoms with Crippen molar-refractivity contribution in [2.45, 2.75) is 12.7 Å². The molecular weight excluding hydrogens is 377 g/mol. The Balaban J connectivity index is 1.62. The Bertz CT molecular complexity index is 886. The molecule has 0 spiro atoms. The molecule has 0 radical (unpaired) electrons. The van der Waals surface area contributed by atoms with Crippen LogP contribution in [0.15, 0.2) is 30.5 Å². The maximum absolute atomic E-state index is 12.8. The second kappa shape index (κ2) is 7.63. The molecule has 150 valence electrons. The maximum Gasteiger partial charge on any atom is 0.416 e. The first-order valence-corrected chi connectivity index (χ1v) is 8.60. The molecule has 2 aromatic rings. The minimum Gasteiger partial charge on any atom is -0.477 e. The number of nitrogens with zero attached hydrogens (tertiary/aromatic N) is 4. The molecule has 1 aromatic heterocycles. The van der Waals surface area contributed by atoms with Gasteiger partial charge in [0.05, 0.1) is 17.3 Å². The van der Waals surface area contributed by atoms with E-state index in [1.165, 1.54) is 24.2 Å². The molecule has 1 amide bonds. The molecule has 1 fully saturated rings. The number of carbonyl (C=O) groups excluding carboxylic acids is 1. The maximum atomic E-state index is 12.8. The molecule has 3 rings (SSSR count). The smallest absolute Gasteiger partial charge is 0.416 e. The van der Waals surface area contributed by atoms with Gasteiger partial charge in [0.2, 0.25) is 0 Å². The topological polar surface area (TPSA) is 78.7 Å². The fraction of sp³-hybridized carbons (Fsp3) is 0.389. The Morgan fingerprint density at radius 2 is 1.86 bits per heavy atom. The van der Waals surface area contributed by atoms with Gasteiger partial charge in [-0.15, -0.1) is 0 Å². The Morgan fingerprint density at radius 3 is 2.46 bits per heavy atom. The first-order valence-electron chi connectivity index (χ1n) is 8.60. The average molecular weight is 396 g/mol. The SMILES string of the molecule is Cn1ncc(C(=O)N2CCN(Cc3cccc(C(F)(F)F)c3)CC2)c1C(=O)O. The summed E-state index contributed by atoms with van der Waals surface area (Å²) in [6.07, 6.45) is -3.15. The van der Waals surface area contributed by atoms with E-state index in [0.29, 0.717) is 38.3 Å². The predicted molar refractivity (Wildman–Crippen MR) is 92.8 cm³/mol. The Hall–Kier alpha value is -2.88. The number of aryl methyl sites for hydroxylation is 1. The van der Waals surface area contributed by atoms with Gasteiger partial charge in [0.25, 0.3) is 5.91 Å². The van der Waals surface area contributed by atoms with Crippen LogP contribution in [0.1, 0.15) is 32.0 Å². The molecule has 0 atom stereocenters. The van der Waals surface area contributed by atoms with E-state index in [1.54, 1.807) is 6.07 Å². The highest BCUT2D eigenvalue weighted by Gasteiger charge is 2.31. The second-order valence-corrected chi connectivity index (χ2v) is 6.60. The van der Waals surface area contributed by atoms with E-state index in [-0.39, 0.29) is 11.3 Å². The highest BCUT2D eigenvalue weighted by atomic mass is 19.4. The minimum absolute atomic E-state index is 0.0290. The molecule has 1 aliphatic heterocycles. The molecule has 1 N–H and O–H groups in total. The second-order valence-electron chi connectivity index (χ2n) is 6.60. The number of halogens is 3.